The first-order valence-electron chi connectivity index (χ1n) is 8.11. The van der Waals surface area contributed by atoms with E-state index in [1.54, 1.807) is 23.7 Å². The quantitative estimate of drug-likeness (QED) is 0.693. The molecule has 0 spiro atoms. The van der Waals surface area contributed by atoms with Gasteiger partial charge in [0.15, 0.2) is 0 Å². The summed E-state index contributed by atoms with van der Waals surface area (Å²) in [5, 5.41) is 7.18. The number of rotatable bonds is 4. The summed E-state index contributed by atoms with van der Waals surface area (Å²) >= 11 is 6.14. The van der Waals surface area contributed by atoms with Crippen molar-refractivity contribution in [2.75, 3.05) is 5.32 Å². The molecule has 0 fully saturated rings. The minimum atomic E-state index is -1.10. The van der Waals surface area contributed by atoms with E-state index in [0.717, 1.165) is 11.8 Å². The lowest BCUT2D eigenvalue weighted by molar-refractivity contribution is 0.0992. The Hall–Kier alpha value is -3.26. The highest BCUT2D eigenvalue weighted by Gasteiger charge is 2.17. The summed E-state index contributed by atoms with van der Waals surface area (Å²) in [4.78, 5) is 23.6. The van der Waals surface area contributed by atoms with Gasteiger partial charge in [0.1, 0.15) is 11.6 Å². The molecule has 28 heavy (non-hydrogen) atoms. The molecule has 0 aliphatic rings. The fourth-order valence-electron chi connectivity index (χ4n) is 2.66. The lowest BCUT2D eigenvalue weighted by Gasteiger charge is -2.10. The highest BCUT2D eigenvalue weighted by molar-refractivity contribution is 6.31. The topological polar surface area (TPSA) is 90.0 Å². The number of aromatic nitrogens is 2. The Morgan fingerprint density at radius 2 is 1.75 bits per heavy atom. The van der Waals surface area contributed by atoms with Crippen LogP contribution in [-0.2, 0) is 0 Å². The molecule has 144 valence electrons. The first-order chi connectivity index (χ1) is 13.2. The average Bonchev–Trinajstić information content (AvgIpc) is 2.91. The molecule has 2 aromatic carbocycles. The van der Waals surface area contributed by atoms with Crippen LogP contribution in [0.25, 0.3) is 5.69 Å². The molecule has 0 aliphatic carbocycles. The van der Waals surface area contributed by atoms with Crippen LogP contribution in [0, 0.1) is 25.5 Å². The highest BCUT2D eigenvalue weighted by Crippen LogP contribution is 2.23. The van der Waals surface area contributed by atoms with Crippen LogP contribution in [0.3, 0.4) is 0 Å². The van der Waals surface area contributed by atoms with E-state index in [1.165, 1.54) is 12.1 Å². The van der Waals surface area contributed by atoms with Crippen LogP contribution in [0.2, 0.25) is 5.02 Å². The second-order valence-corrected chi connectivity index (χ2v) is 6.45. The monoisotopic (exact) mass is 404 g/mol. The average molecular weight is 405 g/mol. The van der Waals surface area contributed by atoms with Gasteiger partial charge >= 0.3 is 0 Å². The fourth-order valence-corrected chi connectivity index (χ4v) is 2.78. The molecule has 6 nitrogen and oxygen atoms in total. The number of halogens is 3. The summed E-state index contributed by atoms with van der Waals surface area (Å²) in [6, 6.07) is 7.69. The number of carbonyl (C=O) groups excluding carboxylic acids is 2. The van der Waals surface area contributed by atoms with Crippen molar-refractivity contribution in [2.45, 2.75) is 13.8 Å². The highest BCUT2D eigenvalue weighted by atomic mass is 35.5. The Labute approximate surface area is 163 Å². The predicted octanol–water partition coefficient (Wildman–Crippen LogP) is 3.77. The fraction of sp³-hybridized carbons (Fsp3) is 0.105. The van der Waals surface area contributed by atoms with E-state index < -0.39 is 29.0 Å². The molecule has 0 aliphatic heterocycles. The summed E-state index contributed by atoms with van der Waals surface area (Å²) in [5.41, 5.74) is 6.51. The van der Waals surface area contributed by atoms with Gasteiger partial charge in [-0.15, -0.1) is 0 Å². The lowest BCUT2D eigenvalue weighted by Crippen LogP contribution is -2.17. The number of nitrogens with zero attached hydrogens (tertiary/aromatic N) is 2. The van der Waals surface area contributed by atoms with Crippen molar-refractivity contribution in [3.8, 4) is 5.69 Å². The van der Waals surface area contributed by atoms with Gasteiger partial charge in [-0.1, -0.05) is 11.6 Å². The number of nitrogens with one attached hydrogen (secondary N) is 1. The van der Waals surface area contributed by atoms with E-state index in [0.29, 0.717) is 22.5 Å². The van der Waals surface area contributed by atoms with Crippen LogP contribution >= 0.6 is 11.6 Å². The molecule has 0 radical (unpaired) electrons. The Kier molecular flexibility index (Phi) is 5.15. The van der Waals surface area contributed by atoms with E-state index >= 15 is 0 Å². The first-order valence-corrected chi connectivity index (χ1v) is 8.49. The minimum absolute atomic E-state index is 0.223. The van der Waals surface area contributed by atoms with Gasteiger partial charge in [-0.2, -0.15) is 5.10 Å². The van der Waals surface area contributed by atoms with Crippen LogP contribution in [0.1, 0.15) is 32.1 Å². The van der Waals surface area contributed by atoms with Gasteiger partial charge in [-0.3, -0.25) is 9.59 Å². The zero-order valence-corrected chi connectivity index (χ0v) is 15.6. The van der Waals surface area contributed by atoms with Crippen molar-refractivity contribution in [1.29, 1.82) is 0 Å². The molecule has 9 heteroatoms. The summed E-state index contributed by atoms with van der Waals surface area (Å²) < 4.78 is 29.1. The molecular weight excluding hydrogens is 390 g/mol. The number of carbonyl (C=O) groups is 2. The van der Waals surface area contributed by atoms with Crippen molar-refractivity contribution in [3.63, 3.8) is 0 Å². The SMILES string of the molecule is Cc1nn(-c2ccc(C(=O)Nc3cc(C(N)=O)c(F)cc3F)cc2)c(C)c1Cl. The zero-order chi connectivity index (χ0) is 20.6. The van der Waals surface area contributed by atoms with Crippen LogP contribution in [0.4, 0.5) is 14.5 Å². The lowest BCUT2D eigenvalue weighted by atomic mass is 10.1. The Bertz CT molecular complexity index is 1090. The van der Waals surface area contributed by atoms with E-state index in [-0.39, 0.29) is 11.3 Å². The van der Waals surface area contributed by atoms with E-state index in [9.17, 15) is 18.4 Å². The van der Waals surface area contributed by atoms with E-state index in [2.05, 4.69) is 10.4 Å². The Morgan fingerprint density at radius 1 is 1.11 bits per heavy atom. The maximum atomic E-state index is 13.9. The number of aryl methyl sites for hydroxylation is 1. The van der Waals surface area contributed by atoms with Crippen molar-refractivity contribution in [1.82, 2.24) is 9.78 Å². The number of primary amides is 1. The van der Waals surface area contributed by atoms with Crippen LogP contribution in [0.5, 0.6) is 0 Å². The van der Waals surface area contributed by atoms with E-state index in [4.69, 9.17) is 17.3 Å². The largest absolute Gasteiger partial charge is 0.366 e. The van der Waals surface area contributed by atoms with Crippen LogP contribution in [0.15, 0.2) is 36.4 Å². The van der Waals surface area contributed by atoms with Gasteiger partial charge in [0.2, 0.25) is 0 Å². The van der Waals surface area contributed by atoms with Crippen molar-refractivity contribution >= 4 is 29.1 Å². The van der Waals surface area contributed by atoms with Gasteiger partial charge in [0, 0.05) is 11.6 Å². The molecule has 0 unspecified atom stereocenters. The van der Waals surface area contributed by atoms with Gasteiger partial charge in [-0.25, -0.2) is 13.5 Å². The number of nitrogens with two attached hydrogens (primary N) is 1. The molecule has 3 rings (SSSR count). The Morgan fingerprint density at radius 3 is 2.29 bits per heavy atom. The number of benzene rings is 2. The smallest absolute Gasteiger partial charge is 0.255 e. The second kappa shape index (κ2) is 7.40. The van der Waals surface area contributed by atoms with Crippen LogP contribution < -0.4 is 11.1 Å². The third kappa shape index (κ3) is 3.59. The summed E-state index contributed by atoms with van der Waals surface area (Å²) in [6.45, 7) is 3.60. The van der Waals surface area contributed by atoms with Crippen molar-refractivity contribution in [2.24, 2.45) is 5.73 Å². The molecule has 0 saturated heterocycles. The maximum absolute atomic E-state index is 13.9. The second-order valence-electron chi connectivity index (χ2n) is 6.07. The molecule has 0 bridgehead atoms. The van der Waals surface area contributed by atoms with Crippen molar-refractivity contribution < 1.29 is 18.4 Å². The third-order valence-corrected chi connectivity index (χ3v) is 4.69. The summed E-state index contributed by atoms with van der Waals surface area (Å²) in [5.74, 6) is -3.83. The summed E-state index contributed by atoms with van der Waals surface area (Å²) in [6.07, 6.45) is 0. The number of hydrogen-bond donors (Lipinski definition) is 2. The van der Waals surface area contributed by atoms with E-state index in [1.807, 2.05) is 6.92 Å². The standard InChI is InChI=1S/C19H15ClF2N4O2/c1-9-17(20)10(2)26(25-9)12-5-3-11(4-6-12)19(28)24-16-7-13(18(23)27)14(21)8-15(16)22/h3-8H,1-2H3,(H2,23,27)(H,24,28). The number of anilines is 1. The normalized spacial score (nSPS) is 10.8. The van der Waals surface area contributed by atoms with Crippen LogP contribution in [-0.4, -0.2) is 21.6 Å². The summed E-state index contributed by atoms with van der Waals surface area (Å²) in [7, 11) is 0. The molecule has 3 N–H and O–H groups in total. The van der Waals surface area contributed by atoms with Gasteiger partial charge < -0.3 is 11.1 Å². The van der Waals surface area contributed by atoms with Gasteiger partial charge in [0.25, 0.3) is 11.8 Å². The van der Waals surface area contributed by atoms with Gasteiger partial charge in [0.05, 0.1) is 33.3 Å². The Balaban J connectivity index is 1.85. The first kappa shape index (κ1) is 19.5. The predicted molar refractivity (Wildman–Crippen MR) is 101 cm³/mol. The molecule has 2 amide bonds. The number of hydrogen-bond acceptors (Lipinski definition) is 3. The minimum Gasteiger partial charge on any atom is -0.366 e. The molecular formula is C19H15ClF2N4O2. The maximum Gasteiger partial charge on any atom is 0.255 e. The zero-order valence-electron chi connectivity index (χ0n) is 14.9. The van der Waals surface area contributed by atoms with Gasteiger partial charge in [-0.05, 0) is 44.2 Å². The number of amides is 2. The van der Waals surface area contributed by atoms with Crippen molar-refractivity contribution in [3.05, 3.63) is 75.6 Å². The third-order valence-electron chi connectivity index (χ3n) is 4.15. The molecule has 1 aromatic heterocycles. The molecule has 3 aromatic rings. The molecule has 0 saturated carbocycles. The molecule has 0 atom stereocenters. The molecule has 1 heterocycles.